The normalized spacial score (nSPS) is 11.4. The zero-order chi connectivity index (χ0) is 22.3. The van der Waals surface area contributed by atoms with Gasteiger partial charge in [-0.15, -0.1) is 11.3 Å². The van der Waals surface area contributed by atoms with Gasteiger partial charge in [0.25, 0.3) is 0 Å². The Balaban J connectivity index is 1.59. The molecule has 164 valence electrons. The van der Waals surface area contributed by atoms with E-state index >= 15 is 0 Å². The molecule has 0 fully saturated rings. The fourth-order valence-electron chi connectivity index (χ4n) is 2.98. The summed E-state index contributed by atoms with van der Waals surface area (Å²) in [5.74, 6) is 0. The van der Waals surface area contributed by atoms with E-state index in [9.17, 15) is 4.79 Å². The van der Waals surface area contributed by atoms with Gasteiger partial charge in [-0.2, -0.15) is 0 Å². The molecule has 0 atom stereocenters. The number of benzene rings is 2. The van der Waals surface area contributed by atoms with Crippen molar-refractivity contribution < 1.29 is 9.53 Å². The fourth-order valence-corrected chi connectivity index (χ4v) is 4.99. The number of nitrogens with one attached hydrogen (secondary N) is 1. The minimum atomic E-state index is -0.505. The van der Waals surface area contributed by atoms with Crippen LogP contribution in [0.15, 0.2) is 63.8 Å². The SMILES string of the molecule is CCCCc1ccc(-c2cccc(Sc3cnc(CNC(=O)OC(C)(C)C)s3)c2)cc1. The number of ether oxygens (including phenoxy) is 1. The van der Waals surface area contributed by atoms with Gasteiger partial charge in [0.2, 0.25) is 0 Å². The number of aromatic nitrogens is 1. The first-order valence-electron chi connectivity index (χ1n) is 10.6. The van der Waals surface area contributed by atoms with Gasteiger partial charge >= 0.3 is 6.09 Å². The molecule has 0 unspecified atom stereocenters. The van der Waals surface area contributed by atoms with E-state index in [2.05, 4.69) is 65.8 Å². The lowest BCUT2D eigenvalue weighted by Crippen LogP contribution is -2.32. The Kier molecular flexibility index (Phi) is 8.15. The van der Waals surface area contributed by atoms with Crippen LogP contribution in [0.3, 0.4) is 0 Å². The molecule has 0 saturated heterocycles. The molecular formula is C25H30N2O2S2. The Morgan fingerprint density at radius 3 is 2.61 bits per heavy atom. The van der Waals surface area contributed by atoms with Gasteiger partial charge in [-0.05, 0) is 62.4 Å². The number of rotatable bonds is 8. The van der Waals surface area contributed by atoms with E-state index in [1.165, 1.54) is 34.4 Å². The molecule has 31 heavy (non-hydrogen) atoms. The zero-order valence-electron chi connectivity index (χ0n) is 18.6. The van der Waals surface area contributed by atoms with Gasteiger partial charge in [0.1, 0.15) is 10.6 Å². The van der Waals surface area contributed by atoms with Crippen molar-refractivity contribution in [1.29, 1.82) is 0 Å². The molecule has 0 aliphatic rings. The molecule has 3 aromatic rings. The van der Waals surface area contributed by atoms with Crippen molar-refractivity contribution in [3.8, 4) is 11.1 Å². The van der Waals surface area contributed by atoms with Gasteiger partial charge in [-0.1, -0.05) is 61.5 Å². The first-order chi connectivity index (χ1) is 14.8. The number of amides is 1. The quantitative estimate of drug-likeness (QED) is 0.387. The second kappa shape index (κ2) is 10.8. The van der Waals surface area contributed by atoms with E-state index in [1.54, 1.807) is 23.1 Å². The highest BCUT2D eigenvalue weighted by Gasteiger charge is 2.16. The molecule has 6 heteroatoms. The van der Waals surface area contributed by atoms with Crippen LogP contribution in [-0.4, -0.2) is 16.7 Å². The Morgan fingerprint density at radius 1 is 1.13 bits per heavy atom. The number of alkyl carbamates (subject to hydrolysis) is 1. The highest BCUT2D eigenvalue weighted by atomic mass is 32.2. The van der Waals surface area contributed by atoms with Crippen molar-refractivity contribution in [2.75, 3.05) is 0 Å². The molecule has 1 aromatic heterocycles. The van der Waals surface area contributed by atoms with Crippen molar-refractivity contribution in [3.63, 3.8) is 0 Å². The maximum atomic E-state index is 11.8. The Labute approximate surface area is 193 Å². The fraction of sp³-hybridized carbons (Fsp3) is 0.360. The molecule has 0 aliphatic carbocycles. The van der Waals surface area contributed by atoms with Gasteiger partial charge in [0, 0.05) is 4.90 Å². The molecule has 1 heterocycles. The largest absolute Gasteiger partial charge is 0.444 e. The molecule has 0 aliphatic heterocycles. The van der Waals surface area contributed by atoms with Crippen LogP contribution < -0.4 is 5.32 Å². The summed E-state index contributed by atoms with van der Waals surface area (Å²) in [5.41, 5.74) is 3.33. The lowest BCUT2D eigenvalue weighted by atomic mass is 10.0. The number of nitrogens with zero attached hydrogens (tertiary/aromatic N) is 1. The van der Waals surface area contributed by atoms with Crippen LogP contribution >= 0.6 is 23.1 Å². The first-order valence-corrected chi connectivity index (χ1v) is 12.2. The van der Waals surface area contributed by atoms with E-state index in [-0.39, 0.29) is 0 Å². The third-order valence-corrected chi connectivity index (χ3v) is 6.56. The molecule has 1 N–H and O–H groups in total. The Bertz CT molecular complexity index is 991. The predicted molar refractivity (Wildman–Crippen MR) is 130 cm³/mol. The number of carbonyl (C=O) groups excluding carboxylic acids is 1. The van der Waals surface area contributed by atoms with Gasteiger partial charge < -0.3 is 10.1 Å². The van der Waals surface area contributed by atoms with E-state index < -0.39 is 11.7 Å². The lowest BCUT2D eigenvalue weighted by molar-refractivity contribution is 0.0523. The summed E-state index contributed by atoms with van der Waals surface area (Å²) in [4.78, 5) is 17.4. The van der Waals surface area contributed by atoms with Crippen molar-refractivity contribution in [2.45, 2.75) is 68.2 Å². The summed E-state index contributed by atoms with van der Waals surface area (Å²) in [6.45, 7) is 8.13. The van der Waals surface area contributed by atoms with Crippen molar-refractivity contribution in [3.05, 3.63) is 65.3 Å². The monoisotopic (exact) mass is 454 g/mol. The number of hydrogen-bond donors (Lipinski definition) is 1. The van der Waals surface area contributed by atoms with Crippen LogP contribution in [0, 0.1) is 0 Å². The number of thiazole rings is 1. The van der Waals surface area contributed by atoms with Crippen LogP contribution in [0.1, 0.15) is 51.1 Å². The van der Waals surface area contributed by atoms with Crippen LogP contribution in [0.4, 0.5) is 4.79 Å². The maximum Gasteiger partial charge on any atom is 0.408 e. The van der Waals surface area contributed by atoms with E-state index in [0.717, 1.165) is 15.6 Å². The smallest absolute Gasteiger partial charge is 0.408 e. The van der Waals surface area contributed by atoms with Crippen LogP contribution in [0.5, 0.6) is 0 Å². The molecule has 0 spiro atoms. The maximum absolute atomic E-state index is 11.8. The minimum absolute atomic E-state index is 0.366. The number of carbonyl (C=O) groups is 1. The molecular weight excluding hydrogens is 424 g/mol. The first kappa shape index (κ1) is 23.4. The van der Waals surface area contributed by atoms with Crippen molar-refractivity contribution in [1.82, 2.24) is 10.3 Å². The molecule has 0 radical (unpaired) electrons. The van der Waals surface area contributed by atoms with E-state index in [0.29, 0.717) is 6.54 Å². The van der Waals surface area contributed by atoms with Crippen LogP contribution in [0.2, 0.25) is 0 Å². The Morgan fingerprint density at radius 2 is 1.90 bits per heavy atom. The highest BCUT2D eigenvalue weighted by Crippen LogP contribution is 2.34. The minimum Gasteiger partial charge on any atom is -0.444 e. The number of hydrogen-bond acceptors (Lipinski definition) is 5. The molecule has 2 aromatic carbocycles. The number of unbranched alkanes of at least 4 members (excludes halogenated alkanes) is 1. The Hall–Kier alpha value is -2.31. The standard InChI is InChI=1S/C25H30N2O2S2/c1-5-6-8-18-11-13-19(14-12-18)20-9-7-10-21(15-20)30-23-17-26-22(31-23)16-27-24(28)29-25(2,3)4/h7,9-15,17H,5-6,8,16H2,1-4H3,(H,27,28). The summed E-state index contributed by atoms with van der Waals surface area (Å²) in [5, 5.41) is 3.61. The lowest BCUT2D eigenvalue weighted by Gasteiger charge is -2.19. The summed E-state index contributed by atoms with van der Waals surface area (Å²) < 4.78 is 6.36. The van der Waals surface area contributed by atoms with Gasteiger partial charge in [-0.25, -0.2) is 9.78 Å². The third-order valence-electron chi connectivity index (χ3n) is 4.47. The van der Waals surface area contributed by atoms with Crippen LogP contribution in [-0.2, 0) is 17.7 Å². The van der Waals surface area contributed by atoms with E-state index in [1.807, 2.05) is 27.0 Å². The third kappa shape index (κ3) is 7.71. The van der Waals surface area contributed by atoms with E-state index in [4.69, 9.17) is 4.74 Å². The molecule has 0 bridgehead atoms. The zero-order valence-corrected chi connectivity index (χ0v) is 20.2. The summed E-state index contributed by atoms with van der Waals surface area (Å²) in [6.07, 6.45) is 5.03. The van der Waals surface area contributed by atoms with Crippen LogP contribution in [0.25, 0.3) is 11.1 Å². The second-order valence-corrected chi connectivity index (χ2v) is 10.8. The summed E-state index contributed by atoms with van der Waals surface area (Å²) in [7, 11) is 0. The van der Waals surface area contributed by atoms with Crippen molar-refractivity contribution in [2.24, 2.45) is 0 Å². The number of aryl methyl sites for hydroxylation is 1. The van der Waals surface area contributed by atoms with Gasteiger partial charge in [0.05, 0.1) is 17.0 Å². The molecule has 3 rings (SSSR count). The van der Waals surface area contributed by atoms with Gasteiger partial charge in [-0.3, -0.25) is 0 Å². The molecule has 4 nitrogen and oxygen atoms in total. The van der Waals surface area contributed by atoms with Gasteiger partial charge in [0.15, 0.2) is 0 Å². The summed E-state index contributed by atoms with van der Waals surface area (Å²) >= 11 is 3.27. The van der Waals surface area contributed by atoms with Crippen molar-refractivity contribution >= 4 is 29.2 Å². The summed E-state index contributed by atoms with van der Waals surface area (Å²) in [6, 6.07) is 17.5. The highest BCUT2D eigenvalue weighted by molar-refractivity contribution is 8.01. The second-order valence-electron chi connectivity index (χ2n) is 8.36. The average molecular weight is 455 g/mol. The molecule has 0 saturated carbocycles. The average Bonchev–Trinajstić information content (AvgIpc) is 3.17. The topological polar surface area (TPSA) is 51.2 Å². The molecule has 1 amide bonds. The predicted octanol–water partition coefficient (Wildman–Crippen LogP) is 7.33.